The third-order valence-electron chi connectivity index (χ3n) is 5.19. The maximum absolute atomic E-state index is 5.55. The molecule has 1 aliphatic rings. The van der Waals surface area contributed by atoms with Crippen molar-refractivity contribution in [2.75, 3.05) is 31.1 Å². The highest BCUT2D eigenvalue weighted by molar-refractivity contribution is 5.54. The minimum atomic E-state index is 0.0581. The van der Waals surface area contributed by atoms with Crippen molar-refractivity contribution >= 4 is 6.01 Å². The van der Waals surface area contributed by atoms with Gasteiger partial charge in [-0.3, -0.25) is 4.90 Å². The van der Waals surface area contributed by atoms with Gasteiger partial charge in [0.25, 0.3) is 0 Å². The molecular weight excluding hydrogens is 356 g/mol. The van der Waals surface area contributed by atoms with Crippen LogP contribution in [0.25, 0.3) is 11.4 Å². The van der Waals surface area contributed by atoms with Crippen LogP contribution in [-0.4, -0.2) is 51.4 Å². The van der Waals surface area contributed by atoms with E-state index in [-0.39, 0.29) is 12.0 Å². The summed E-state index contributed by atoms with van der Waals surface area (Å²) >= 11 is 0. The fourth-order valence-corrected chi connectivity index (χ4v) is 3.27. The van der Waals surface area contributed by atoms with Crippen molar-refractivity contribution < 1.29 is 9.05 Å². The average Bonchev–Trinajstić information content (AvgIpc) is 3.38. The van der Waals surface area contributed by atoms with E-state index in [9.17, 15) is 0 Å². The van der Waals surface area contributed by atoms with E-state index in [2.05, 4.69) is 69.9 Å². The highest BCUT2D eigenvalue weighted by atomic mass is 16.5. The predicted molar refractivity (Wildman–Crippen MR) is 105 cm³/mol. The molecule has 148 valence electrons. The quantitative estimate of drug-likeness (QED) is 0.663. The van der Waals surface area contributed by atoms with Crippen LogP contribution in [0.1, 0.15) is 50.0 Å². The Morgan fingerprint density at radius 1 is 0.893 bits per heavy atom. The summed E-state index contributed by atoms with van der Waals surface area (Å²) in [6.07, 6.45) is 0. The Balaban J connectivity index is 1.38. The van der Waals surface area contributed by atoms with Gasteiger partial charge in [-0.2, -0.15) is 9.97 Å². The van der Waals surface area contributed by atoms with Gasteiger partial charge in [-0.05, 0) is 13.8 Å². The number of piperazine rings is 1. The molecular formula is C20H26N6O2. The zero-order valence-electron chi connectivity index (χ0n) is 16.8. The van der Waals surface area contributed by atoms with Crippen LogP contribution in [0, 0.1) is 6.92 Å². The van der Waals surface area contributed by atoms with Gasteiger partial charge in [0.15, 0.2) is 5.82 Å². The monoisotopic (exact) mass is 382 g/mol. The van der Waals surface area contributed by atoms with Crippen molar-refractivity contribution in [1.29, 1.82) is 0 Å². The summed E-state index contributed by atoms with van der Waals surface area (Å²) in [5, 5.41) is 8.21. The lowest BCUT2D eigenvalue weighted by Crippen LogP contribution is -2.47. The minimum absolute atomic E-state index is 0.0581. The normalized spacial score (nSPS) is 16.7. The molecule has 1 saturated heterocycles. The second kappa shape index (κ2) is 7.71. The third kappa shape index (κ3) is 3.77. The van der Waals surface area contributed by atoms with Gasteiger partial charge in [-0.1, -0.05) is 54.0 Å². The van der Waals surface area contributed by atoms with Gasteiger partial charge < -0.3 is 13.9 Å². The van der Waals surface area contributed by atoms with Crippen LogP contribution >= 0.6 is 0 Å². The Labute approximate surface area is 164 Å². The van der Waals surface area contributed by atoms with Crippen molar-refractivity contribution in [3.05, 3.63) is 41.5 Å². The number of nitrogens with zero attached hydrogens (tertiary/aromatic N) is 6. The summed E-state index contributed by atoms with van der Waals surface area (Å²) in [7, 11) is 0. The number of hydrogen-bond acceptors (Lipinski definition) is 8. The van der Waals surface area contributed by atoms with Gasteiger partial charge >= 0.3 is 6.01 Å². The number of aryl methyl sites for hydroxylation is 1. The van der Waals surface area contributed by atoms with E-state index in [0.29, 0.717) is 17.7 Å². The number of hydrogen-bond donors (Lipinski definition) is 0. The number of benzene rings is 1. The standard InChI is InChI=1S/C20H26N6O2/c1-13(2)17-22-20(28-23-17)26-11-9-25(10-12-26)15(4)19-21-18(24-27-19)16-7-5-14(3)6-8-16/h5-8,13,15H,9-12H2,1-4H3. The van der Waals surface area contributed by atoms with Crippen LogP contribution in [0.4, 0.5) is 6.01 Å². The van der Waals surface area contributed by atoms with Gasteiger partial charge in [-0.15, -0.1) is 0 Å². The number of anilines is 1. The minimum Gasteiger partial charge on any atom is -0.337 e. The molecule has 1 aliphatic heterocycles. The van der Waals surface area contributed by atoms with Crippen LogP contribution in [0.3, 0.4) is 0 Å². The largest absolute Gasteiger partial charge is 0.337 e. The fourth-order valence-electron chi connectivity index (χ4n) is 3.27. The molecule has 0 aliphatic carbocycles. The first-order valence-corrected chi connectivity index (χ1v) is 9.74. The number of rotatable bonds is 5. The lowest BCUT2D eigenvalue weighted by molar-refractivity contribution is 0.161. The summed E-state index contributed by atoms with van der Waals surface area (Å²) in [5.41, 5.74) is 2.18. The molecule has 0 saturated carbocycles. The molecule has 1 atom stereocenters. The summed E-state index contributed by atoms with van der Waals surface area (Å²) < 4.78 is 11.0. The zero-order chi connectivity index (χ0) is 19.7. The molecule has 4 rings (SSSR count). The summed E-state index contributed by atoms with van der Waals surface area (Å²) in [6.45, 7) is 11.7. The molecule has 3 aromatic rings. The first-order valence-electron chi connectivity index (χ1n) is 9.74. The molecule has 0 amide bonds. The van der Waals surface area contributed by atoms with Gasteiger partial charge in [0, 0.05) is 37.7 Å². The van der Waals surface area contributed by atoms with E-state index >= 15 is 0 Å². The average molecular weight is 382 g/mol. The molecule has 8 nitrogen and oxygen atoms in total. The van der Waals surface area contributed by atoms with E-state index in [1.807, 2.05) is 12.1 Å². The van der Waals surface area contributed by atoms with E-state index in [1.165, 1.54) is 5.56 Å². The zero-order valence-corrected chi connectivity index (χ0v) is 16.8. The summed E-state index contributed by atoms with van der Waals surface area (Å²) in [6, 6.07) is 8.80. The van der Waals surface area contributed by atoms with Crippen LogP contribution in [0.5, 0.6) is 0 Å². The van der Waals surface area contributed by atoms with Crippen LogP contribution in [0.2, 0.25) is 0 Å². The molecule has 28 heavy (non-hydrogen) atoms. The molecule has 0 spiro atoms. The predicted octanol–water partition coefficient (Wildman–Crippen LogP) is 3.43. The Hall–Kier alpha value is -2.74. The molecule has 2 aromatic heterocycles. The molecule has 1 unspecified atom stereocenters. The van der Waals surface area contributed by atoms with Crippen LogP contribution in [0.15, 0.2) is 33.3 Å². The highest BCUT2D eigenvalue weighted by Gasteiger charge is 2.28. The molecule has 1 fully saturated rings. The van der Waals surface area contributed by atoms with Gasteiger partial charge in [0.2, 0.25) is 11.7 Å². The maximum Gasteiger partial charge on any atom is 0.324 e. The first kappa shape index (κ1) is 18.6. The first-order chi connectivity index (χ1) is 13.5. The lowest BCUT2D eigenvalue weighted by Gasteiger charge is -2.35. The van der Waals surface area contributed by atoms with Crippen molar-refractivity contribution in [3.8, 4) is 11.4 Å². The van der Waals surface area contributed by atoms with Crippen molar-refractivity contribution in [2.45, 2.75) is 39.7 Å². The molecule has 8 heteroatoms. The molecule has 0 radical (unpaired) electrons. The van der Waals surface area contributed by atoms with E-state index in [4.69, 9.17) is 9.05 Å². The topological polar surface area (TPSA) is 84.3 Å². The van der Waals surface area contributed by atoms with E-state index in [0.717, 1.165) is 37.6 Å². The smallest absolute Gasteiger partial charge is 0.324 e. The van der Waals surface area contributed by atoms with Gasteiger partial charge in [-0.25, -0.2) is 0 Å². The molecule has 1 aromatic carbocycles. The summed E-state index contributed by atoms with van der Waals surface area (Å²) in [4.78, 5) is 13.6. The van der Waals surface area contributed by atoms with Crippen LogP contribution < -0.4 is 4.90 Å². The fraction of sp³-hybridized carbons (Fsp3) is 0.500. The Morgan fingerprint density at radius 3 is 2.25 bits per heavy atom. The third-order valence-corrected chi connectivity index (χ3v) is 5.19. The van der Waals surface area contributed by atoms with Gasteiger partial charge in [0.05, 0.1) is 6.04 Å². The lowest BCUT2D eigenvalue weighted by atomic mass is 10.1. The van der Waals surface area contributed by atoms with Gasteiger partial charge in [0.1, 0.15) is 0 Å². The second-order valence-electron chi connectivity index (χ2n) is 7.61. The molecule has 0 bridgehead atoms. The van der Waals surface area contributed by atoms with E-state index < -0.39 is 0 Å². The Bertz CT molecular complexity index is 909. The summed E-state index contributed by atoms with van der Waals surface area (Å²) in [5.74, 6) is 2.29. The van der Waals surface area contributed by atoms with Crippen molar-refractivity contribution in [1.82, 2.24) is 25.2 Å². The maximum atomic E-state index is 5.55. The van der Waals surface area contributed by atoms with Crippen molar-refractivity contribution in [3.63, 3.8) is 0 Å². The molecule has 0 N–H and O–H groups in total. The number of aromatic nitrogens is 4. The molecule has 3 heterocycles. The van der Waals surface area contributed by atoms with Crippen LogP contribution in [-0.2, 0) is 0 Å². The SMILES string of the molecule is Cc1ccc(-c2noc(C(C)N3CCN(c4nc(C(C)C)no4)CC3)n2)cc1. The van der Waals surface area contributed by atoms with Crippen molar-refractivity contribution in [2.24, 2.45) is 0 Å². The Morgan fingerprint density at radius 2 is 1.61 bits per heavy atom. The Kier molecular flexibility index (Phi) is 5.13. The van der Waals surface area contributed by atoms with E-state index in [1.54, 1.807) is 0 Å². The second-order valence-corrected chi connectivity index (χ2v) is 7.61. The highest BCUT2D eigenvalue weighted by Crippen LogP contribution is 2.25.